The van der Waals surface area contributed by atoms with Gasteiger partial charge < -0.3 is 10.1 Å². The second-order valence-electron chi connectivity index (χ2n) is 5.77. The minimum Gasteiger partial charge on any atom is -0.379 e. The standard InChI is InChI=1S/C16H28N2OS/c1-4-16(2,18-9-11-19-12-10-18)15(17-3)8-7-14-6-5-13-20-14/h5-6,13,15,17H,4,7-12H2,1-3H3. The lowest BCUT2D eigenvalue weighted by molar-refractivity contribution is -0.0323. The van der Waals surface area contributed by atoms with Crippen molar-refractivity contribution in [2.75, 3.05) is 33.4 Å². The number of nitrogens with zero attached hydrogens (tertiary/aromatic N) is 1. The highest BCUT2D eigenvalue weighted by Crippen LogP contribution is 2.28. The molecule has 0 bridgehead atoms. The van der Waals surface area contributed by atoms with E-state index >= 15 is 0 Å². The second-order valence-corrected chi connectivity index (χ2v) is 6.80. The fraction of sp³-hybridized carbons (Fsp3) is 0.750. The van der Waals surface area contributed by atoms with Gasteiger partial charge >= 0.3 is 0 Å². The van der Waals surface area contributed by atoms with Gasteiger partial charge in [0.1, 0.15) is 0 Å². The fourth-order valence-electron chi connectivity index (χ4n) is 3.27. The molecule has 0 aromatic carbocycles. The van der Waals surface area contributed by atoms with Crippen LogP contribution < -0.4 is 5.32 Å². The summed E-state index contributed by atoms with van der Waals surface area (Å²) in [5.41, 5.74) is 0.218. The van der Waals surface area contributed by atoms with Gasteiger partial charge in [-0.25, -0.2) is 0 Å². The van der Waals surface area contributed by atoms with Crippen LogP contribution in [0, 0.1) is 0 Å². The average molecular weight is 296 g/mol. The zero-order valence-corrected chi connectivity index (χ0v) is 13.8. The maximum absolute atomic E-state index is 5.51. The average Bonchev–Trinajstić information content (AvgIpc) is 3.01. The molecule has 2 atom stereocenters. The number of nitrogens with one attached hydrogen (secondary N) is 1. The Kier molecular flexibility index (Phi) is 6.02. The van der Waals surface area contributed by atoms with E-state index in [9.17, 15) is 0 Å². The first-order valence-corrected chi connectivity index (χ1v) is 8.61. The maximum Gasteiger partial charge on any atom is 0.0594 e. The maximum atomic E-state index is 5.51. The van der Waals surface area contributed by atoms with Gasteiger partial charge in [-0.2, -0.15) is 0 Å². The molecule has 2 rings (SSSR count). The van der Waals surface area contributed by atoms with E-state index in [2.05, 4.69) is 48.6 Å². The normalized spacial score (nSPS) is 21.6. The zero-order valence-electron chi connectivity index (χ0n) is 13.0. The Morgan fingerprint density at radius 3 is 2.75 bits per heavy atom. The Morgan fingerprint density at radius 1 is 1.45 bits per heavy atom. The van der Waals surface area contributed by atoms with Crippen molar-refractivity contribution < 1.29 is 4.74 Å². The molecule has 20 heavy (non-hydrogen) atoms. The largest absolute Gasteiger partial charge is 0.379 e. The molecule has 0 radical (unpaired) electrons. The van der Waals surface area contributed by atoms with Crippen LogP contribution >= 0.6 is 11.3 Å². The highest BCUT2D eigenvalue weighted by atomic mass is 32.1. The van der Waals surface area contributed by atoms with Crippen molar-refractivity contribution in [3.05, 3.63) is 22.4 Å². The summed E-state index contributed by atoms with van der Waals surface area (Å²) in [6.07, 6.45) is 3.53. The molecule has 3 nitrogen and oxygen atoms in total. The summed E-state index contributed by atoms with van der Waals surface area (Å²) in [5.74, 6) is 0. The molecule has 1 fully saturated rings. The summed E-state index contributed by atoms with van der Waals surface area (Å²) in [4.78, 5) is 4.11. The molecule has 1 aromatic heterocycles. The van der Waals surface area contributed by atoms with Gasteiger partial charge in [-0.05, 0) is 44.7 Å². The van der Waals surface area contributed by atoms with Gasteiger partial charge in [0.25, 0.3) is 0 Å². The van der Waals surface area contributed by atoms with Crippen molar-refractivity contribution in [3.63, 3.8) is 0 Å². The van der Waals surface area contributed by atoms with Crippen LogP contribution in [0.25, 0.3) is 0 Å². The molecule has 1 N–H and O–H groups in total. The van der Waals surface area contributed by atoms with Gasteiger partial charge in [0.05, 0.1) is 13.2 Å². The van der Waals surface area contributed by atoms with Crippen LogP contribution in [0.1, 0.15) is 31.6 Å². The van der Waals surface area contributed by atoms with Crippen molar-refractivity contribution in [2.45, 2.75) is 44.7 Å². The molecule has 0 amide bonds. The summed E-state index contributed by atoms with van der Waals surface area (Å²) in [6, 6.07) is 4.91. The summed E-state index contributed by atoms with van der Waals surface area (Å²) in [7, 11) is 2.10. The molecule has 4 heteroatoms. The number of likely N-dealkylation sites (N-methyl/N-ethyl adjacent to an activating group) is 1. The van der Waals surface area contributed by atoms with Gasteiger partial charge in [0.2, 0.25) is 0 Å². The highest BCUT2D eigenvalue weighted by molar-refractivity contribution is 7.09. The van der Waals surface area contributed by atoms with E-state index in [4.69, 9.17) is 4.74 Å². The predicted molar refractivity (Wildman–Crippen MR) is 86.6 cm³/mol. The van der Waals surface area contributed by atoms with Crippen molar-refractivity contribution >= 4 is 11.3 Å². The number of aryl methyl sites for hydroxylation is 1. The van der Waals surface area contributed by atoms with Crippen LogP contribution in [0.2, 0.25) is 0 Å². The van der Waals surface area contributed by atoms with Gasteiger partial charge in [-0.1, -0.05) is 13.0 Å². The van der Waals surface area contributed by atoms with Crippen LogP contribution in [-0.2, 0) is 11.2 Å². The number of rotatable bonds is 7. The van der Waals surface area contributed by atoms with Gasteiger partial charge in [0.15, 0.2) is 0 Å². The lowest BCUT2D eigenvalue weighted by Gasteiger charge is -2.48. The molecule has 1 aromatic rings. The Morgan fingerprint density at radius 2 is 2.20 bits per heavy atom. The Bertz CT molecular complexity index is 376. The lowest BCUT2D eigenvalue weighted by Crippen LogP contribution is -2.61. The van der Waals surface area contributed by atoms with Crippen LogP contribution in [0.3, 0.4) is 0 Å². The van der Waals surface area contributed by atoms with Crippen LogP contribution in [0.4, 0.5) is 0 Å². The quantitative estimate of drug-likeness (QED) is 0.837. The van der Waals surface area contributed by atoms with Crippen molar-refractivity contribution in [3.8, 4) is 0 Å². The van der Waals surface area contributed by atoms with Crippen LogP contribution in [0.15, 0.2) is 17.5 Å². The monoisotopic (exact) mass is 296 g/mol. The predicted octanol–water partition coefficient (Wildman–Crippen LogP) is 2.77. The number of hydrogen-bond acceptors (Lipinski definition) is 4. The Hall–Kier alpha value is -0.420. The Labute approximate surface area is 127 Å². The minimum absolute atomic E-state index is 0.218. The van der Waals surface area contributed by atoms with E-state index in [1.54, 1.807) is 0 Å². The van der Waals surface area contributed by atoms with E-state index in [1.165, 1.54) is 24.1 Å². The molecule has 114 valence electrons. The molecular formula is C16H28N2OS. The second kappa shape index (κ2) is 7.55. The minimum atomic E-state index is 0.218. The molecule has 1 saturated heterocycles. The third kappa shape index (κ3) is 3.61. The lowest BCUT2D eigenvalue weighted by atomic mass is 9.84. The number of morpholine rings is 1. The summed E-state index contributed by atoms with van der Waals surface area (Å²) in [6.45, 7) is 8.58. The Balaban J connectivity index is 2.01. The van der Waals surface area contributed by atoms with E-state index in [0.717, 1.165) is 26.3 Å². The van der Waals surface area contributed by atoms with E-state index in [-0.39, 0.29) is 5.54 Å². The first-order valence-electron chi connectivity index (χ1n) is 7.73. The first-order chi connectivity index (χ1) is 9.70. The van der Waals surface area contributed by atoms with Gasteiger partial charge in [-0.3, -0.25) is 4.90 Å². The summed E-state index contributed by atoms with van der Waals surface area (Å²) in [5, 5.41) is 5.75. The van der Waals surface area contributed by atoms with Gasteiger partial charge in [-0.15, -0.1) is 11.3 Å². The third-order valence-electron chi connectivity index (χ3n) is 4.81. The zero-order chi connectivity index (χ0) is 14.4. The van der Waals surface area contributed by atoms with Crippen molar-refractivity contribution in [1.82, 2.24) is 10.2 Å². The van der Waals surface area contributed by atoms with Gasteiger partial charge in [0, 0.05) is 29.5 Å². The van der Waals surface area contributed by atoms with Crippen LogP contribution in [0.5, 0.6) is 0 Å². The number of ether oxygens (including phenoxy) is 1. The highest BCUT2D eigenvalue weighted by Gasteiger charge is 2.37. The summed E-state index contributed by atoms with van der Waals surface area (Å²) >= 11 is 1.87. The first kappa shape index (κ1) is 16.0. The van der Waals surface area contributed by atoms with E-state index in [1.807, 2.05) is 11.3 Å². The molecule has 1 aliphatic heterocycles. The van der Waals surface area contributed by atoms with E-state index in [0.29, 0.717) is 6.04 Å². The summed E-state index contributed by atoms with van der Waals surface area (Å²) < 4.78 is 5.51. The molecule has 2 unspecified atom stereocenters. The van der Waals surface area contributed by atoms with Crippen molar-refractivity contribution in [1.29, 1.82) is 0 Å². The molecule has 0 spiro atoms. The smallest absolute Gasteiger partial charge is 0.0594 e. The molecule has 0 aliphatic carbocycles. The van der Waals surface area contributed by atoms with Crippen LogP contribution in [-0.4, -0.2) is 49.8 Å². The van der Waals surface area contributed by atoms with E-state index < -0.39 is 0 Å². The molecule has 1 aliphatic rings. The molecule has 2 heterocycles. The fourth-order valence-corrected chi connectivity index (χ4v) is 4.00. The molecular weight excluding hydrogens is 268 g/mol. The molecule has 0 saturated carbocycles. The van der Waals surface area contributed by atoms with Crippen molar-refractivity contribution in [2.24, 2.45) is 0 Å². The third-order valence-corrected chi connectivity index (χ3v) is 5.74. The number of hydrogen-bond donors (Lipinski definition) is 1. The SMILES string of the molecule is CCC(C)(C(CCc1cccs1)NC)N1CCOCC1. The number of thiophene rings is 1. The topological polar surface area (TPSA) is 24.5 Å².